The number of hydrogen-bond donors (Lipinski definition) is 0. The van der Waals surface area contributed by atoms with Crippen LogP contribution in [-0.4, -0.2) is 38.9 Å². The number of Topliss-reactive ketones (excluding diaryl/α,β-unsaturated/α-hetero) is 1. The van der Waals surface area contributed by atoms with Gasteiger partial charge in [-0.25, -0.2) is 8.42 Å². The molecule has 1 fully saturated rings. The summed E-state index contributed by atoms with van der Waals surface area (Å²) >= 11 is 0. The van der Waals surface area contributed by atoms with Gasteiger partial charge in [0.2, 0.25) is 0 Å². The fraction of sp³-hybridized carbons (Fsp3) is 0.333. The van der Waals surface area contributed by atoms with Gasteiger partial charge in [0.15, 0.2) is 9.84 Å². The SMILES string of the molecule is COc1ccc([C@@H]2CC(=O)C[C@@H](c3ccc(OC)cc3)C23C=C(C#N)CS3(=O)=O)cc1. The minimum atomic E-state index is -3.75. The van der Waals surface area contributed by atoms with Crippen LogP contribution >= 0.6 is 0 Å². The zero-order chi connectivity index (χ0) is 22.2. The number of hydrogen-bond acceptors (Lipinski definition) is 6. The standard InChI is InChI=1S/C24H23NO5S/c1-29-20-7-3-17(4-8-20)22-11-19(26)12-23(18-5-9-21(30-2)10-6-18)24(22)13-16(14-25)15-31(24,27)28/h3-10,13,22-23H,11-12,15H2,1-2H3/t22-,23-/m0/s1. The molecule has 160 valence electrons. The third kappa shape index (κ3) is 3.41. The fourth-order valence-electron chi connectivity index (χ4n) is 4.96. The predicted molar refractivity (Wildman–Crippen MR) is 116 cm³/mol. The van der Waals surface area contributed by atoms with Crippen LogP contribution < -0.4 is 9.47 Å². The molecule has 31 heavy (non-hydrogen) atoms. The van der Waals surface area contributed by atoms with Crippen molar-refractivity contribution in [3.63, 3.8) is 0 Å². The summed E-state index contributed by atoms with van der Waals surface area (Å²) < 4.78 is 36.4. The summed E-state index contributed by atoms with van der Waals surface area (Å²) in [6.07, 6.45) is 1.82. The molecule has 0 radical (unpaired) electrons. The number of sulfone groups is 1. The number of methoxy groups -OCH3 is 2. The van der Waals surface area contributed by atoms with Crippen LogP contribution in [0.15, 0.2) is 60.2 Å². The molecule has 0 amide bonds. The van der Waals surface area contributed by atoms with Crippen molar-refractivity contribution < 1.29 is 22.7 Å². The van der Waals surface area contributed by atoms with Crippen LogP contribution in [0.2, 0.25) is 0 Å². The average Bonchev–Trinajstić information content (AvgIpc) is 3.06. The second-order valence-electron chi connectivity index (χ2n) is 7.99. The lowest BCUT2D eigenvalue weighted by Crippen LogP contribution is -2.50. The Kier molecular flexibility index (Phi) is 5.36. The van der Waals surface area contributed by atoms with Gasteiger partial charge in [-0.2, -0.15) is 5.26 Å². The predicted octanol–water partition coefficient (Wildman–Crippen LogP) is 3.55. The van der Waals surface area contributed by atoms with E-state index in [2.05, 4.69) is 0 Å². The third-order valence-corrected chi connectivity index (χ3v) is 8.87. The van der Waals surface area contributed by atoms with Crippen LogP contribution in [-0.2, 0) is 14.6 Å². The Morgan fingerprint density at radius 2 is 1.35 bits per heavy atom. The highest BCUT2D eigenvalue weighted by molar-refractivity contribution is 7.93. The Bertz CT molecular complexity index is 1110. The van der Waals surface area contributed by atoms with Crippen molar-refractivity contribution >= 4 is 15.6 Å². The largest absolute Gasteiger partial charge is 0.497 e. The summed E-state index contributed by atoms with van der Waals surface area (Å²) in [5.74, 6) is -0.202. The molecule has 0 bridgehead atoms. The summed E-state index contributed by atoms with van der Waals surface area (Å²) in [4.78, 5) is 12.8. The molecule has 1 aliphatic carbocycles. The molecule has 1 spiro atoms. The number of nitriles is 1. The molecule has 0 unspecified atom stereocenters. The first-order valence-corrected chi connectivity index (χ1v) is 11.6. The van der Waals surface area contributed by atoms with Gasteiger partial charge in [-0.1, -0.05) is 24.3 Å². The smallest absolute Gasteiger partial charge is 0.165 e. The first kappa shape index (κ1) is 21.1. The number of carbonyl (C=O) groups is 1. The Morgan fingerprint density at radius 3 is 1.71 bits per heavy atom. The molecular formula is C24H23NO5S. The van der Waals surface area contributed by atoms with Gasteiger partial charge in [-0.3, -0.25) is 4.79 Å². The van der Waals surface area contributed by atoms with Gasteiger partial charge in [-0.15, -0.1) is 0 Å². The fourth-order valence-corrected chi connectivity index (χ4v) is 7.40. The molecular weight excluding hydrogens is 414 g/mol. The first-order valence-electron chi connectivity index (χ1n) is 9.98. The van der Waals surface area contributed by atoms with E-state index >= 15 is 0 Å². The van der Waals surface area contributed by atoms with Gasteiger partial charge in [-0.05, 0) is 41.5 Å². The number of nitrogens with zero attached hydrogens (tertiary/aromatic N) is 1. The molecule has 4 rings (SSSR count). The molecule has 0 aromatic heterocycles. The lowest BCUT2D eigenvalue weighted by atomic mass is 9.65. The quantitative estimate of drug-likeness (QED) is 0.726. The minimum Gasteiger partial charge on any atom is -0.497 e. The number of carbonyl (C=O) groups excluding carboxylic acids is 1. The minimum absolute atomic E-state index is 0.00117. The maximum atomic E-state index is 13.7. The van der Waals surface area contributed by atoms with Crippen molar-refractivity contribution in [2.75, 3.05) is 20.0 Å². The Labute approximate surface area is 182 Å². The monoisotopic (exact) mass is 437 g/mol. The highest BCUT2D eigenvalue weighted by Crippen LogP contribution is 2.56. The van der Waals surface area contributed by atoms with E-state index in [9.17, 15) is 18.5 Å². The molecule has 1 saturated carbocycles. The molecule has 0 N–H and O–H groups in total. The van der Waals surface area contributed by atoms with E-state index in [1.54, 1.807) is 44.6 Å². The Hall–Kier alpha value is -3.11. The zero-order valence-corrected chi connectivity index (χ0v) is 18.2. The molecule has 2 aromatic rings. The maximum Gasteiger partial charge on any atom is 0.165 e. The van der Waals surface area contributed by atoms with E-state index in [0.29, 0.717) is 11.5 Å². The zero-order valence-electron chi connectivity index (χ0n) is 17.4. The van der Waals surface area contributed by atoms with Crippen LogP contribution in [0.1, 0.15) is 35.8 Å². The Morgan fingerprint density at radius 1 is 0.903 bits per heavy atom. The second kappa shape index (κ2) is 7.86. The first-order chi connectivity index (χ1) is 14.8. The molecule has 1 heterocycles. The van der Waals surface area contributed by atoms with Crippen molar-refractivity contribution in [1.82, 2.24) is 0 Å². The van der Waals surface area contributed by atoms with Crippen LogP contribution in [0, 0.1) is 11.3 Å². The third-order valence-electron chi connectivity index (χ3n) is 6.42. The van der Waals surface area contributed by atoms with E-state index in [4.69, 9.17) is 9.47 Å². The Balaban J connectivity index is 1.94. The molecule has 7 heteroatoms. The topological polar surface area (TPSA) is 93.5 Å². The second-order valence-corrected chi connectivity index (χ2v) is 10.2. The molecule has 6 nitrogen and oxygen atoms in total. The van der Waals surface area contributed by atoms with Gasteiger partial charge >= 0.3 is 0 Å². The molecule has 2 aromatic carbocycles. The summed E-state index contributed by atoms with van der Waals surface area (Å²) in [7, 11) is -0.632. The molecule has 2 atom stereocenters. The van der Waals surface area contributed by atoms with Crippen molar-refractivity contribution in [1.29, 1.82) is 5.26 Å². The molecule has 1 aliphatic heterocycles. The summed E-state index contributed by atoms with van der Waals surface area (Å²) in [6.45, 7) is 0. The number of ketones is 1. The number of rotatable bonds is 4. The maximum absolute atomic E-state index is 13.7. The average molecular weight is 438 g/mol. The normalized spacial score (nSPS) is 23.8. The van der Waals surface area contributed by atoms with E-state index in [-0.39, 0.29) is 30.0 Å². The lowest BCUT2D eigenvalue weighted by molar-refractivity contribution is -0.121. The van der Waals surface area contributed by atoms with Crippen LogP contribution in [0.4, 0.5) is 0 Å². The van der Waals surface area contributed by atoms with Crippen LogP contribution in [0.25, 0.3) is 0 Å². The summed E-state index contributed by atoms with van der Waals surface area (Å²) in [5, 5.41) is 9.53. The van der Waals surface area contributed by atoms with Crippen LogP contribution in [0.3, 0.4) is 0 Å². The van der Waals surface area contributed by atoms with E-state index in [0.717, 1.165) is 11.1 Å². The van der Waals surface area contributed by atoms with E-state index in [1.807, 2.05) is 30.3 Å². The lowest BCUT2D eigenvalue weighted by Gasteiger charge is -2.45. The molecule has 2 aliphatic rings. The van der Waals surface area contributed by atoms with Gasteiger partial charge in [0, 0.05) is 30.3 Å². The number of benzene rings is 2. The van der Waals surface area contributed by atoms with Crippen molar-refractivity contribution in [3.05, 3.63) is 71.3 Å². The van der Waals surface area contributed by atoms with Crippen molar-refractivity contribution in [3.8, 4) is 17.6 Å². The number of ether oxygens (including phenoxy) is 2. The summed E-state index contributed by atoms with van der Waals surface area (Å²) in [5.41, 5.74) is 1.71. The van der Waals surface area contributed by atoms with Crippen LogP contribution in [0.5, 0.6) is 11.5 Å². The van der Waals surface area contributed by atoms with E-state index < -0.39 is 26.4 Å². The van der Waals surface area contributed by atoms with Gasteiger partial charge in [0.1, 0.15) is 22.0 Å². The highest BCUT2D eigenvalue weighted by Gasteiger charge is 2.60. The molecule has 0 saturated heterocycles. The van der Waals surface area contributed by atoms with E-state index in [1.165, 1.54) is 0 Å². The van der Waals surface area contributed by atoms with Gasteiger partial charge in [0.25, 0.3) is 0 Å². The van der Waals surface area contributed by atoms with Crippen molar-refractivity contribution in [2.45, 2.75) is 29.4 Å². The van der Waals surface area contributed by atoms with Gasteiger partial charge < -0.3 is 9.47 Å². The van der Waals surface area contributed by atoms with Crippen molar-refractivity contribution in [2.24, 2.45) is 0 Å². The van der Waals surface area contributed by atoms with Gasteiger partial charge in [0.05, 0.1) is 26.0 Å². The highest BCUT2D eigenvalue weighted by atomic mass is 32.2. The summed E-state index contributed by atoms with van der Waals surface area (Å²) in [6, 6.07) is 16.3.